The SMILES string of the molecule is C/C=C(\C)C(=O)OC1CC2C[C@@H](C1)N2CO. The molecule has 90 valence electrons. The van der Waals surface area contributed by atoms with E-state index in [-0.39, 0.29) is 18.8 Å². The number of ether oxygens (including phenoxy) is 1. The third kappa shape index (κ3) is 1.99. The van der Waals surface area contributed by atoms with Gasteiger partial charge in [-0.15, -0.1) is 0 Å². The van der Waals surface area contributed by atoms with Gasteiger partial charge in [-0.2, -0.15) is 0 Å². The van der Waals surface area contributed by atoms with E-state index in [2.05, 4.69) is 4.90 Å². The highest BCUT2D eigenvalue weighted by Gasteiger charge is 2.45. The minimum absolute atomic E-state index is 0.0361. The molecule has 1 aliphatic carbocycles. The third-order valence-corrected chi connectivity index (χ3v) is 3.74. The van der Waals surface area contributed by atoms with Crippen LogP contribution < -0.4 is 0 Å². The quantitative estimate of drug-likeness (QED) is 0.576. The number of hydrogen-bond donors (Lipinski definition) is 1. The smallest absolute Gasteiger partial charge is 0.333 e. The number of nitrogens with zero attached hydrogens (tertiary/aromatic N) is 1. The molecule has 0 aromatic carbocycles. The molecule has 4 heteroatoms. The molecule has 0 radical (unpaired) electrons. The summed E-state index contributed by atoms with van der Waals surface area (Å²) in [6.45, 7) is 3.73. The van der Waals surface area contributed by atoms with Crippen LogP contribution in [0.1, 0.15) is 33.1 Å². The maximum absolute atomic E-state index is 11.6. The summed E-state index contributed by atoms with van der Waals surface area (Å²) in [4.78, 5) is 13.6. The fourth-order valence-electron chi connectivity index (χ4n) is 2.60. The molecule has 3 rings (SSSR count). The Labute approximate surface area is 95.9 Å². The highest BCUT2D eigenvalue weighted by Crippen LogP contribution is 2.38. The first-order valence-corrected chi connectivity index (χ1v) is 5.86. The first-order chi connectivity index (χ1) is 7.65. The average molecular weight is 225 g/mol. The standard InChI is InChI=1S/C12H19NO3/c1-3-8(2)12(15)16-11-5-9-4-10(6-11)13(9)7-14/h3,9-11,14H,4-7H2,1-2H3/b8-3+/t9-,10?,11?/m0/s1. The molecule has 2 heterocycles. The van der Waals surface area contributed by atoms with Crippen molar-refractivity contribution in [3.05, 3.63) is 11.6 Å². The van der Waals surface area contributed by atoms with E-state index in [9.17, 15) is 4.79 Å². The normalized spacial score (nSPS) is 34.4. The van der Waals surface area contributed by atoms with E-state index in [0.717, 1.165) is 19.3 Å². The zero-order chi connectivity index (χ0) is 11.7. The number of allylic oxidation sites excluding steroid dienone is 1. The van der Waals surface area contributed by atoms with Gasteiger partial charge in [-0.25, -0.2) is 4.79 Å². The molecule has 2 saturated heterocycles. The number of esters is 1. The number of aliphatic hydroxyl groups is 1. The molecule has 1 N–H and O–H groups in total. The van der Waals surface area contributed by atoms with Crippen LogP contribution in [0, 0.1) is 0 Å². The maximum atomic E-state index is 11.6. The van der Waals surface area contributed by atoms with Crippen molar-refractivity contribution in [2.75, 3.05) is 6.73 Å². The summed E-state index contributed by atoms with van der Waals surface area (Å²) in [6.07, 6.45) is 4.66. The summed E-state index contributed by atoms with van der Waals surface area (Å²) in [5.41, 5.74) is 0.665. The lowest BCUT2D eigenvalue weighted by Gasteiger charge is -2.53. The number of carbonyl (C=O) groups is 1. The van der Waals surface area contributed by atoms with Gasteiger partial charge in [0.2, 0.25) is 0 Å². The number of rotatable bonds is 3. The van der Waals surface area contributed by atoms with Gasteiger partial charge in [-0.1, -0.05) is 6.08 Å². The van der Waals surface area contributed by atoms with E-state index in [1.165, 1.54) is 0 Å². The van der Waals surface area contributed by atoms with E-state index in [1.54, 1.807) is 13.0 Å². The summed E-state index contributed by atoms with van der Waals surface area (Å²) in [5.74, 6) is -0.204. The van der Waals surface area contributed by atoms with E-state index in [0.29, 0.717) is 17.7 Å². The van der Waals surface area contributed by atoms with Gasteiger partial charge < -0.3 is 9.84 Å². The molecule has 2 unspecified atom stereocenters. The predicted molar refractivity (Wildman–Crippen MR) is 59.7 cm³/mol. The average Bonchev–Trinajstić information content (AvgIpc) is 2.28. The second-order valence-corrected chi connectivity index (χ2v) is 4.67. The van der Waals surface area contributed by atoms with Gasteiger partial charge in [0.15, 0.2) is 0 Å². The van der Waals surface area contributed by atoms with Gasteiger partial charge >= 0.3 is 5.97 Å². The fourth-order valence-corrected chi connectivity index (χ4v) is 2.60. The van der Waals surface area contributed by atoms with Crippen molar-refractivity contribution in [2.24, 2.45) is 0 Å². The Hall–Kier alpha value is -0.870. The van der Waals surface area contributed by atoms with Crippen LogP contribution >= 0.6 is 0 Å². The third-order valence-electron chi connectivity index (χ3n) is 3.74. The first-order valence-electron chi connectivity index (χ1n) is 5.86. The van der Waals surface area contributed by atoms with Crippen molar-refractivity contribution in [3.8, 4) is 0 Å². The Kier molecular flexibility index (Phi) is 3.30. The number of carbonyl (C=O) groups excluding carboxylic acids is 1. The van der Waals surface area contributed by atoms with Crippen molar-refractivity contribution in [1.82, 2.24) is 4.90 Å². The van der Waals surface area contributed by atoms with Crippen LogP contribution in [0.2, 0.25) is 0 Å². The van der Waals surface area contributed by atoms with Crippen LogP contribution in [0.25, 0.3) is 0 Å². The van der Waals surface area contributed by atoms with Gasteiger partial charge in [-0.05, 0) is 20.3 Å². The van der Waals surface area contributed by atoms with E-state index < -0.39 is 0 Å². The largest absolute Gasteiger partial charge is 0.459 e. The lowest BCUT2D eigenvalue weighted by molar-refractivity contribution is -0.161. The van der Waals surface area contributed by atoms with Crippen molar-refractivity contribution in [2.45, 2.75) is 51.3 Å². The number of fused-ring (bicyclic) bond motifs is 2. The number of piperidine rings is 1. The van der Waals surface area contributed by atoms with Gasteiger partial charge in [0, 0.05) is 30.5 Å². The zero-order valence-electron chi connectivity index (χ0n) is 9.85. The van der Waals surface area contributed by atoms with Gasteiger partial charge in [0.25, 0.3) is 0 Å². The molecule has 3 atom stereocenters. The molecule has 0 spiro atoms. The Morgan fingerprint density at radius 3 is 2.56 bits per heavy atom. The summed E-state index contributed by atoms with van der Waals surface area (Å²) >= 11 is 0. The van der Waals surface area contributed by atoms with Gasteiger partial charge in [0.1, 0.15) is 6.10 Å². The second kappa shape index (κ2) is 4.55. The van der Waals surface area contributed by atoms with Crippen LogP contribution in [-0.2, 0) is 9.53 Å². The molecule has 0 aromatic heterocycles. The molecular weight excluding hydrogens is 206 g/mol. The Balaban J connectivity index is 1.84. The molecule has 0 aromatic rings. The van der Waals surface area contributed by atoms with E-state index >= 15 is 0 Å². The molecule has 2 bridgehead atoms. The van der Waals surface area contributed by atoms with Crippen molar-refractivity contribution in [1.29, 1.82) is 0 Å². The van der Waals surface area contributed by atoms with Gasteiger partial charge in [-0.3, -0.25) is 4.90 Å². The molecule has 3 aliphatic rings. The summed E-state index contributed by atoms with van der Waals surface area (Å²) in [7, 11) is 0. The van der Waals surface area contributed by atoms with Crippen LogP contribution in [0.3, 0.4) is 0 Å². The number of aliphatic hydroxyl groups excluding tert-OH is 1. The monoisotopic (exact) mass is 225 g/mol. The highest BCUT2D eigenvalue weighted by molar-refractivity contribution is 5.87. The first kappa shape index (κ1) is 11.6. The Morgan fingerprint density at radius 2 is 2.06 bits per heavy atom. The van der Waals surface area contributed by atoms with Crippen molar-refractivity contribution in [3.63, 3.8) is 0 Å². The Bertz CT molecular complexity index is 301. The zero-order valence-corrected chi connectivity index (χ0v) is 9.85. The lowest BCUT2D eigenvalue weighted by atomic mass is 9.78. The molecular formula is C12H19NO3. The minimum atomic E-state index is -0.204. The summed E-state index contributed by atoms with van der Waals surface area (Å²) < 4.78 is 5.42. The fraction of sp³-hybridized carbons (Fsp3) is 0.750. The second-order valence-electron chi connectivity index (χ2n) is 4.67. The molecule has 4 nitrogen and oxygen atoms in total. The molecule has 0 amide bonds. The van der Waals surface area contributed by atoms with Gasteiger partial charge in [0.05, 0.1) is 6.73 Å². The van der Waals surface area contributed by atoms with Crippen LogP contribution in [0.5, 0.6) is 0 Å². The summed E-state index contributed by atoms with van der Waals surface area (Å²) in [6, 6.07) is 0.819. The van der Waals surface area contributed by atoms with E-state index in [1.807, 2.05) is 6.92 Å². The maximum Gasteiger partial charge on any atom is 0.333 e. The van der Waals surface area contributed by atoms with Crippen LogP contribution in [0.4, 0.5) is 0 Å². The predicted octanol–water partition coefficient (Wildman–Crippen LogP) is 1.05. The molecule has 3 fully saturated rings. The lowest BCUT2D eigenvalue weighted by Crippen LogP contribution is -2.62. The highest BCUT2D eigenvalue weighted by atomic mass is 16.5. The van der Waals surface area contributed by atoms with Crippen molar-refractivity contribution < 1.29 is 14.6 Å². The van der Waals surface area contributed by atoms with Crippen LogP contribution in [-0.4, -0.2) is 40.9 Å². The van der Waals surface area contributed by atoms with E-state index in [4.69, 9.17) is 9.84 Å². The van der Waals surface area contributed by atoms with Crippen LogP contribution in [0.15, 0.2) is 11.6 Å². The molecule has 16 heavy (non-hydrogen) atoms. The topological polar surface area (TPSA) is 49.8 Å². The van der Waals surface area contributed by atoms with Crippen molar-refractivity contribution >= 4 is 5.97 Å². The number of hydrogen-bond acceptors (Lipinski definition) is 4. The molecule has 1 saturated carbocycles. The Morgan fingerprint density at radius 1 is 1.44 bits per heavy atom. The minimum Gasteiger partial charge on any atom is -0.459 e. The molecule has 2 aliphatic heterocycles. The summed E-state index contributed by atoms with van der Waals surface area (Å²) in [5, 5.41) is 9.10.